The zero-order valence-electron chi connectivity index (χ0n) is 10.7. The van der Waals surface area contributed by atoms with Crippen LogP contribution in [0.3, 0.4) is 0 Å². The van der Waals surface area contributed by atoms with Crippen molar-refractivity contribution in [3.63, 3.8) is 0 Å². The number of nitrogens with zero attached hydrogens (tertiary/aromatic N) is 2. The average Bonchev–Trinajstić information content (AvgIpc) is 2.29. The Hall–Kier alpha value is -0.760. The van der Waals surface area contributed by atoms with Gasteiger partial charge >= 0.3 is 0 Å². The predicted molar refractivity (Wildman–Crippen MR) is 69.0 cm³/mol. The van der Waals surface area contributed by atoms with E-state index >= 15 is 0 Å². The molecule has 0 radical (unpaired) electrons. The van der Waals surface area contributed by atoms with Gasteiger partial charge in [0, 0.05) is 19.6 Å². The van der Waals surface area contributed by atoms with Crippen molar-refractivity contribution in [1.29, 1.82) is 0 Å². The molecule has 2 heteroatoms. The zero-order chi connectivity index (χ0) is 11.5. The van der Waals surface area contributed by atoms with Crippen LogP contribution in [0.15, 0.2) is 24.4 Å². The third-order valence-electron chi connectivity index (χ3n) is 2.61. The maximum absolute atomic E-state index is 2.39. The number of hydrogen-bond acceptors (Lipinski definition) is 2. The van der Waals surface area contributed by atoms with E-state index in [-0.39, 0.29) is 0 Å². The fraction of sp³-hybridized carbons (Fsp3) is 0.692. The van der Waals surface area contributed by atoms with Gasteiger partial charge in [-0.25, -0.2) is 0 Å². The standard InChI is InChI=1S/C13H26N2/c1-5-14(6-2)12-10-9-11-13-15(7-3)8-4/h9-12H,5-8,13H2,1-4H3/b11-9+,12-10+. The Balaban J connectivity index is 3.77. The van der Waals surface area contributed by atoms with Gasteiger partial charge in [0.2, 0.25) is 0 Å². The number of allylic oxidation sites excluding steroid dienone is 2. The summed E-state index contributed by atoms with van der Waals surface area (Å²) in [7, 11) is 0. The van der Waals surface area contributed by atoms with Crippen LogP contribution < -0.4 is 0 Å². The lowest BCUT2D eigenvalue weighted by molar-refractivity contribution is 0.337. The van der Waals surface area contributed by atoms with Crippen molar-refractivity contribution in [3.05, 3.63) is 24.4 Å². The molecule has 0 heterocycles. The third-order valence-corrected chi connectivity index (χ3v) is 2.61. The molecule has 0 saturated heterocycles. The van der Waals surface area contributed by atoms with E-state index in [4.69, 9.17) is 0 Å². The Morgan fingerprint density at radius 1 is 0.800 bits per heavy atom. The van der Waals surface area contributed by atoms with Crippen LogP contribution in [0.25, 0.3) is 0 Å². The molecule has 0 unspecified atom stereocenters. The molecule has 0 fully saturated rings. The van der Waals surface area contributed by atoms with E-state index in [9.17, 15) is 0 Å². The summed E-state index contributed by atoms with van der Waals surface area (Å²) in [6.07, 6.45) is 8.62. The predicted octanol–water partition coefficient (Wildman–Crippen LogP) is 2.74. The summed E-state index contributed by atoms with van der Waals surface area (Å²) in [6, 6.07) is 0. The highest BCUT2D eigenvalue weighted by atomic mass is 15.1. The molecule has 0 aromatic rings. The van der Waals surface area contributed by atoms with Crippen LogP contribution in [0, 0.1) is 0 Å². The van der Waals surface area contributed by atoms with Crippen molar-refractivity contribution in [2.75, 3.05) is 32.7 Å². The molecule has 0 aromatic heterocycles. The Morgan fingerprint density at radius 3 is 1.87 bits per heavy atom. The quantitative estimate of drug-likeness (QED) is 0.568. The van der Waals surface area contributed by atoms with Crippen LogP contribution in [0.2, 0.25) is 0 Å². The van der Waals surface area contributed by atoms with Gasteiger partial charge in [-0.15, -0.1) is 0 Å². The van der Waals surface area contributed by atoms with Gasteiger partial charge in [-0.05, 0) is 39.2 Å². The fourth-order valence-electron chi connectivity index (χ4n) is 1.38. The summed E-state index contributed by atoms with van der Waals surface area (Å²) >= 11 is 0. The summed E-state index contributed by atoms with van der Waals surface area (Å²) < 4.78 is 0. The first-order chi connectivity index (χ1) is 7.28. The Kier molecular flexibility index (Phi) is 9.29. The molecule has 0 spiro atoms. The second kappa shape index (κ2) is 9.78. The minimum absolute atomic E-state index is 1.05. The average molecular weight is 210 g/mol. The molecule has 0 saturated carbocycles. The molecule has 0 bridgehead atoms. The SMILES string of the molecule is CCN(/C=C/C=C/CN(CC)CC)CC. The van der Waals surface area contributed by atoms with E-state index in [0.717, 1.165) is 32.7 Å². The van der Waals surface area contributed by atoms with Gasteiger partial charge in [0.15, 0.2) is 0 Å². The lowest BCUT2D eigenvalue weighted by Gasteiger charge is -2.15. The van der Waals surface area contributed by atoms with Gasteiger partial charge in [-0.3, -0.25) is 0 Å². The molecule has 2 nitrogen and oxygen atoms in total. The van der Waals surface area contributed by atoms with E-state index in [1.165, 1.54) is 0 Å². The van der Waals surface area contributed by atoms with Crippen LogP contribution >= 0.6 is 0 Å². The zero-order valence-corrected chi connectivity index (χ0v) is 10.7. The summed E-state index contributed by atoms with van der Waals surface area (Å²) in [5.41, 5.74) is 0. The Morgan fingerprint density at radius 2 is 1.40 bits per heavy atom. The van der Waals surface area contributed by atoms with Gasteiger partial charge in [0.25, 0.3) is 0 Å². The van der Waals surface area contributed by atoms with Crippen molar-refractivity contribution in [3.8, 4) is 0 Å². The highest BCUT2D eigenvalue weighted by molar-refractivity contribution is 5.02. The van der Waals surface area contributed by atoms with E-state index in [1.54, 1.807) is 0 Å². The highest BCUT2D eigenvalue weighted by Crippen LogP contribution is 1.90. The summed E-state index contributed by atoms with van der Waals surface area (Å²) in [6.45, 7) is 14.2. The van der Waals surface area contributed by atoms with Crippen LogP contribution in [0.1, 0.15) is 27.7 Å². The van der Waals surface area contributed by atoms with Crippen molar-refractivity contribution in [2.45, 2.75) is 27.7 Å². The van der Waals surface area contributed by atoms with E-state index in [0.29, 0.717) is 0 Å². The van der Waals surface area contributed by atoms with Crippen molar-refractivity contribution < 1.29 is 0 Å². The van der Waals surface area contributed by atoms with Crippen molar-refractivity contribution >= 4 is 0 Å². The second-order valence-corrected chi connectivity index (χ2v) is 3.48. The van der Waals surface area contributed by atoms with Crippen LogP contribution in [-0.2, 0) is 0 Å². The van der Waals surface area contributed by atoms with E-state index in [1.807, 2.05) is 0 Å². The first-order valence-electron chi connectivity index (χ1n) is 6.08. The largest absolute Gasteiger partial charge is 0.378 e. The summed E-state index contributed by atoms with van der Waals surface area (Å²) in [4.78, 5) is 4.67. The number of likely N-dealkylation sites (N-methyl/N-ethyl adjacent to an activating group) is 1. The van der Waals surface area contributed by atoms with Gasteiger partial charge in [0.1, 0.15) is 0 Å². The van der Waals surface area contributed by atoms with E-state index in [2.05, 4.69) is 61.9 Å². The molecule has 0 aliphatic heterocycles. The first kappa shape index (κ1) is 14.2. The monoisotopic (exact) mass is 210 g/mol. The van der Waals surface area contributed by atoms with Crippen LogP contribution in [-0.4, -0.2) is 42.5 Å². The second-order valence-electron chi connectivity index (χ2n) is 3.48. The lowest BCUT2D eigenvalue weighted by Crippen LogP contribution is -2.22. The molecule has 0 amide bonds. The number of hydrogen-bond donors (Lipinski definition) is 0. The lowest BCUT2D eigenvalue weighted by atomic mass is 10.4. The first-order valence-corrected chi connectivity index (χ1v) is 6.08. The van der Waals surface area contributed by atoms with Crippen molar-refractivity contribution in [2.24, 2.45) is 0 Å². The van der Waals surface area contributed by atoms with Crippen LogP contribution in [0.4, 0.5) is 0 Å². The molecule has 0 aliphatic carbocycles. The molecular formula is C13H26N2. The smallest absolute Gasteiger partial charge is 0.0166 e. The van der Waals surface area contributed by atoms with Gasteiger partial charge in [0.05, 0.1) is 0 Å². The minimum atomic E-state index is 1.05. The Bertz CT molecular complexity index is 177. The highest BCUT2D eigenvalue weighted by Gasteiger charge is 1.92. The molecule has 0 rings (SSSR count). The molecule has 15 heavy (non-hydrogen) atoms. The molecule has 88 valence electrons. The molecule has 0 aliphatic rings. The topological polar surface area (TPSA) is 6.48 Å². The van der Waals surface area contributed by atoms with E-state index < -0.39 is 0 Å². The maximum Gasteiger partial charge on any atom is 0.0166 e. The summed E-state index contributed by atoms with van der Waals surface area (Å²) in [5.74, 6) is 0. The summed E-state index contributed by atoms with van der Waals surface area (Å²) in [5, 5.41) is 0. The third kappa shape index (κ3) is 7.20. The van der Waals surface area contributed by atoms with Crippen molar-refractivity contribution in [1.82, 2.24) is 9.80 Å². The molecular weight excluding hydrogens is 184 g/mol. The normalized spacial score (nSPS) is 12.1. The van der Waals surface area contributed by atoms with Gasteiger partial charge in [-0.1, -0.05) is 26.0 Å². The maximum atomic E-state index is 2.39. The number of rotatable bonds is 8. The minimum Gasteiger partial charge on any atom is -0.378 e. The van der Waals surface area contributed by atoms with Gasteiger partial charge in [-0.2, -0.15) is 0 Å². The Labute approximate surface area is 95.3 Å². The fourth-order valence-corrected chi connectivity index (χ4v) is 1.38. The molecule has 0 atom stereocenters. The molecule has 0 N–H and O–H groups in total. The van der Waals surface area contributed by atoms with Gasteiger partial charge < -0.3 is 9.80 Å². The molecule has 0 aromatic carbocycles. The van der Waals surface area contributed by atoms with Crippen LogP contribution in [0.5, 0.6) is 0 Å².